The molecule has 0 radical (unpaired) electrons. The van der Waals surface area contributed by atoms with Crippen molar-refractivity contribution in [1.29, 1.82) is 0 Å². The molecule has 3 aromatic carbocycles. The van der Waals surface area contributed by atoms with Gasteiger partial charge >= 0.3 is 5.91 Å². The summed E-state index contributed by atoms with van der Waals surface area (Å²) in [5.74, 6) is -1.10. The molecule has 1 N–H and O–H groups in total. The molecule has 0 bridgehead atoms. The Bertz CT molecular complexity index is 1680. The smallest absolute Gasteiger partial charge is 0.301 e. The van der Waals surface area contributed by atoms with Crippen molar-refractivity contribution in [3.63, 3.8) is 0 Å². The lowest BCUT2D eigenvalue weighted by Crippen LogP contribution is -2.29. The van der Waals surface area contributed by atoms with Gasteiger partial charge in [-0.2, -0.15) is 0 Å². The van der Waals surface area contributed by atoms with Crippen LogP contribution in [0.4, 0.5) is 5.13 Å². The van der Waals surface area contributed by atoms with E-state index in [1.807, 2.05) is 48.5 Å². The predicted molar refractivity (Wildman–Crippen MR) is 149 cm³/mol. The highest BCUT2D eigenvalue weighted by molar-refractivity contribution is 8.00. The topological polar surface area (TPSA) is 96.3 Å². The number of anilines is 1. The standard InChI is InChI=1S/C29H20N4O3S2/c34-25(20-13-15-30-16-14-20)23-24(19-8-2-1-3-9-19)33(27(36)26(23)35)28-31-32-29(38-28)37-17-21-11-6-10-18-7-4-5-12-22(18)21/h1-16,24,34H,17H2. The van der Waals surface area contributed by atoms with Crippen LogP contribution in [-0.4, -0.2) is 32.0 Å². The highest BCUT2D eigenvalue weighted by Crippen LogP contribution is 2.44. The van der Waals surface area contributed by atoms with Crippen molar-refractivity contribution in [2.45, 2.75) is 16.1 Å². The predicted octanol–water partition coefficient (Wildman–Crippen LogP) is 6.00. The zero-order valence-corrected chi connectivity index (χ0v) is 21.5. The number of hydrogen-bond donors (Lipinski definition) is 1. The van der Waals surface area contributed by atoms with Gasteiger partial charge in [-0.25, -0.2) is 0 Å². The van der Waals surface area contributed by atoms with E-state index in [0.717, 1.165) is 0 Å². The Kier molecular flexibility index (Phi) is 6.45. The number of aliphatic hydroxyl groups excluding tert-OH is 1. The van der Waals surface area contributed by atoms with E-state index in [2.05, 4.69) is 39.4 Å². The lowest BCUT2D eigenvalue weighted by Gasteiger charge is -2.22. The maximum Gasteiger partial charge on any atom is 0.301 e. The van der Waals surface area contributed by atoms with Gasteiger partial charge < -0.3 is 5.11 Å². The zero-order valence-electron chi connectivity index (χ0n) is 19.9. The molecule has 9 heteroatoms. The first-order valence-corrected chi connectivity index (χ1v) is 13.6. The number of aliphatic hydroxyl groups is 1. The van der Waals surface area contributed by atoms with Gasteiger partial charge in [0.15, 0.2) is 4.34 Å². The van der Waals surface area contributed by atoms with Crippen molar-refractivity contribution < 1.29 is 14.7 Å². The van der Waals surface area contributed by atoms with Crippen LogP contribution in [-0.2, 0) is 15.3 Å². The number of aromatic nitrogens is 3. The number of amides is 1. The molecule has 186 valence electrons. The van der Waals surface area contributed by atoms with Crippen LogP contribution >= 0.6 is 23.1 Å². The average Bonchev–Trinajstić information content (AvgIpc) is 3.54. The molecule has 1 aliphatic rings. The quantitative estimate of drug-likeness (QED) is 0.0934. The van der Waals surface area contributed by atoms with E-state index in [-0.39, 0.29) is 11.3 Å². The van der Waals surface area contributed by atoms with E-state index in [4.69, 9.17) is 0 Å². The fraction of sp³-hybridized carbons (Fsp3) is 0.0690. The van der Waals surface area contributed by atoms with E-state index in [1.165, 1.54) is 56.7 Å². The molecule has 7 nitrogen and oxygen atoms in total. The fourth-order valence-corrected chi connectivity index (χ4v) is 6.43. The molecule has 1 unspecified atom stereocenters. The minimum atomic E-state index is -0.840. The third-order valence-corrected chi connectivity index (χ3v) is 8.45. The van der Waals surface area contributed by atoms with Gasteiger partial charge in [-0.05, 0) is 34.0 Å². The normalized spacial score (nSPS) is 16.8. The second kappa shape index (κ2) is 10.2. The monoisotopic (exact) mass is 536 g/mol. The largest absolute Gasteiger partial charge is 0.507 e. The van der Waals surface area contributed by atoms with Crippen LogP contribution in [0, 0.1) is 0 Å². The minimum Gasteiger partial charge on any atom is -0.507 e. The van der Waals surface area contributed by atoms with E-state index in [0.29, 0.717) is 26.4 Å². The third-order valence-electron chi connectivity index (χ3n) is 6.35. The van der Waals surface area contributed by atoms with Gasteiger partial charge in [-0.3, -0.25) is 19.5 Å². The van der Waals surface area contributed by atoms with Gasteiger partial charge in [0, 0.05) is 23.7 Å². The Morgan fingerprint density at radius 2 is 1.63 bits per heavy atom. The highest BCUT2D eigenvalue weighted by atomic mass is 32.2. The van der Waals surface area contributed by atoms with Crippen molar-refractivity contribution in [1.82, 2.24) is 15.2 Å². The summed E-state index contributed by atoms with van der Waals surface area (Å²) in [5, 5.41) is 22.4. The number of pyridine rings is 1. The molecule has 38 heavy (non-hydrogen) atoms. The Morgan fingerprint density at radius 1 is 0.895 bits per heavy atom. The first kappa shape index (κ1) is 24.0. The van der Waals surface area contributed by atoms with Crippen molar-refractivity contribution in [3.8, 4) is 0 Å². The van der Waals surface area contributed by atoms with Crippen LogP contribution in [0.3, 0.4) is 0 Å². The summed E-state index contributed by atoms with van der Waals surface area (Å²) in [5.41, 5.74) is 2.27. The van der Waals surface area contributed by atoms with Crippen LogP contribution in [0.2, 0.25) is 0 Å². The molecule has 5 aromatic rings. The van der Waals surface area contributed by atoms with Crippen molar-refractivity contribution >= 4 is 56.5 Å². The second-order valence-electron chi connectivity index (χ2n) is 8.59. The van der Waals surface area contributed by atoms with E-state index < -0.39 is 17.7 Å². The summed E-state index contributed by atoms with van der Waals surface area (Å²) in [6, 6.07) is 25.9. The van der Waals surface area contributed by atoms with Crippen LogP contribution in [0.15, 0.2) is 107 Å². The molecule has 1 fully saturated rings. The van der Waals surface area contributed by atoms with E-state index >= 15 is 0 Å². The van der Waals surface area contributed by atoms with Crippen molar-refractivity contribution in [2.24, 2.45) is 0 Å². The lowest BCUT2D eigenvalue weighted by atomic mass is 9.96. The van der Waals surface area contributed by atoms with Crippen molar-refractivity contribution in [2.75, 3.05) is 4.90 Å². The lowest BCUT2D eigenvalue weighted by molar-refractivity contribution is -0.132. The SMILES string of the molecule is O=C1C(=O)N(c2nnc(SCc3cccc4ccccc34)s2)C(c2ccccc2)C1=C(O)c1ccncc1. The molecule has 1 amide bonds. The first-order valence-electron chi connectivity index (χ1n) is 11.8. The average molecular weight is 537 g/mol. The molecule has 3 heterocycles. The summed E-state index contributed by atoms with van der Waals surface area (Å²) in [6.45, 7) is 0. The minimum absolute atomic E-state index is 0.00700. The number of benzene rings is 3. The van der Waals surface area contributed by atoms with Crippen LogP contribution in [0.1, 0.15) is 22.7 Å². The molecule has 0 spiro atoms. The Hall–Kier alpha value is -4.34. The molecule has 1 aliphatic heterocycles. The number of nitrogens with zero attached hydrogens (tertiary/aromatic N) is 4. The molecule has 1 saturated heterocycles. The van der Waals surface area contributed by atoms with Crippen LogP contribution in [0.25, 0.3) is 16.5 Å². The number of fused-ring (bicyclic) bond motifs is 1. The van der Waals surface area contributed by atoms with Gasteiger partial charge in [0.1, 0.15) is 5.76 Å². The van der Waals surface area contributed by atoms with Gasteiger partial charge in [0.05, 0.1) is 11.6 Å². The maximum atomic E-state index is 13.3. The Balaban J connectivity index is 1.35. The first-order chi connectivity index (χ1) is 18.6. The Labute approximate surface area is 226 Å². The molecule has 0 saturated carbocycles. The van der Waals surface area contributed by atoms with Gasteiger partial charge in [0.2, 0.25) is 5.13 Å². The number of hydrogen-bond acceptors (Lipinski definition) is 8. The zero-order chi connectivity index (χ0) is 26.1. The second-order valence-corrected chi connectivity index (χ2v) is 10.8. The molecule has 0 aliphatic carbocycles. The van der Waals surface area contributed by atoms with Gasteiger partial charge in [0.25, 0.3) is 5.78 Å². The Morgan fingerprint density at radius 3 is 2.45 bits per heavy atom. The summed E-state index contributed by atoms with van der Waals surface area (Å²) >= 11 is 2.77. The van der Waals surface area contributed by atoms with Crippen LogP contribution in [0.5, 0.6) is 0 Å². The number of thioether (sulfide) groups is 1. The molecular formula is C29H20N4O3S2. The third kappa shape index (κ3) is 4.36. The van der Waals surface area contributed by atoms with Gasteiger partial charge in [-0.15, -0.1) is 10.2 Å². The molecule has 6 rings (SSSR count). The number of carbonyl (C=O) groups excluding carboxylic acids is 2. The summed E-state index contributed by atoms with van der Waals surface area (Å²) in [6.07, 6.45) is 3.04. The van der Waals surface area contributed by atoms with E-state index in [9.17, 15) is 14.7 Å². The van der Waals surface area contributed by atoms with Gasteiger partial charge in [-0.1, -0.05) is 95.9 Å². The number of rotatable bonds is 6. The summed E-state index contributed by atoms with van der Waals surface area (Å²) in [7, 11) is 0. The number of Topliss-reactive ketones (excluding diaryl/α,β-unsaturated/α-hetero) is 1. The fourth-order valence-electron chi connectivity index (χ4n) is 4.56. The maximum absolute atomic E-state index is 13.3. The highest BCUT2D eigenvalue weighted by Gasteiger charge is 2.48. The summed E-state index contributed by atoms with van der Waals surface area (Å²) < 4.78 is 0.677. The van der Waals surface area contributed by atoms with Crippen molar-refractivity contribution in [3.05, 3.63) is 120 Å². The molecule has 2 aromatic heterocycles. The van der Waals surface area contributed by atoms with E-state index in [1.54, 1.807) is 12.1 Å². The summed E-state index contributed by atoms with van der Waals surface area (Å²) in [4.78, 5) is 31.9. The number of carbonyl (C=O) groups is 2. The molecule has 1 atom stereocenters. The number of ketones is 1. The molecular weight excluding hydrogens is 516 g/mol. The van der Waals surface area contributed by atoms with Crippen LogP contribution < -0.4 is 4.90 Å².